The number of hydrogen-bond donors (Lipinski definition) is 1. The first-order valence-corrected chi connectivity index (χ1v) is 11.1. The van der Waals surface area contributed by atoms with Crippen LogP contribution in [0, 0.1) is 0 Å². The Morgan fingerprint density at radius 1 is 0.893 bits per heavy atom. The molecule has 28 heavy (non-hydrogen) atoms. The normalized spacial score (nSPS) is 16.0. The first-order chi connectivity index (χ1) is 13.2. The minimum absolute atomic E-state index is 0.0324. The zero-order chi connectivity index (χ0) is 20.4. The zero-order valence-electron chi connectivity index (χ0n) is 16.7. The van der Waals surface area contributed by atoms with Crippen molar-refractivity contribution in [1.82, 2.24) is 4.31 Å². The Morgan fingerprint density at radius 3 is 2.00 bits per heavy atom. The van der Waals surface area contributed by atoms with E-state index in [9.17, 15) is 13.2 Å². The predicted molar refractivity (Wildman–Crippen MR) is 112 cm³/mol. The molecule has 1 amide bonds. The van der Waals surface area contributed by atoms with Gasteiger partial charge in [-0.3, -0.25) is 4.79 Å². The summed E-state index contributed by atoms with van der Waals surface area (Å²) in [5, 5.41) is 2.83. The van der Waals surface area contributed by atoms with Gasteiger partial charge in [0.25, 0.3) is 5.91 Å². The van der Waals surface area contributed by atoms with Crippen LogP contribution in [0.1, 0.15) is 56.0 Å². The molecule has 1 N–H and O–H groups in total. The Balaban J connectivity index is 1.69. The van der Waals surface area contributed by atoms with E-state index < -0.39 is 10.0 Å². The standard InChI is InChI=1S/C22H28N2O3S/c1-22(2,3)18-9-7-17(8-10-18)21(25)23-19-11-13-20(14-12-19)28(26,27)24-15-5-4-6-16-24/h7-14H,4-6,15-16H2,1-3H3,(H,23,25). The van der Waals surface area contributed by atoms with Crippen LogP contribution in [0.25, 0.3) is 0 Å². The van der Waals surface area contributed by atoms with Gasteiger partial charge in [-0.15, -0.1) is 0 Å². The first kappa shape index (κ1) is 20.6. The second-order valence-electron chi connectivity index (χ2n) is 8.27. The van der Waals surface area contributed by atoms with E-state index in [1.165, 1.54) is 0 Å². The lowest BCUT2D eigenvalue weighted by atomic mass is 9.87. The Kier molecular flexibility index (Phi) is 5.91. The van der Waals surface area contributed by atoms with Crippen LogP contribution in [0.3, 0.4) is 0 Å². The minimum Gasteiger partial charge on any atom is -0.322 e. The molecule has 2 aromatic carbocycles. The fraction of sp³-hybridized carbons (Fsp3) is 0.409. The van der Waals surface area contributed by atoms with E-state index in [-0.39, 0.29) is 16.2 Å². The average Bonchev–Trinajstić information content (AvgIpc) is 2.68. The summed E-state index contributed by atoms with van der Waals surface area (Å²) in [4.78, 5) is 12.7. The van der Waals surface area contributed by atoms with Crippen LogP contribution in [0.5, 0.6) is 0 Å². The van der Waals surface area contributed by atoms with E-state index in [0.29, 0.717) is 24.3 Å². The van der Waals surface area contributed by atoms with Gasteiger partial charge in [0.15, 0.2) is 0 Å². The monoisotopic (exact) mass is 400 g/mol. The molecule has 0 bridgehead atoms. The lowest BCUT2D eigenvalue weighted by molar-refractivity contribution is 0.102. The number of anilines is 1. The molecule has 0 aliphatic carbocycles. The third-order valence-corrected chi connectivity index (χ3v) is 6.99. The molecule has 1 saturated heterocycles. The van der Waals surface area contributed by atoms with Crippen LogP contribution in [-0.4, -0.2) is 31.7 Å². The molecule has 150 valence electrons. The van der Waals surface area contributed by atoms with Gasteiger partial charge in [0.1, 0.15) is 0 Å². The average molecular weight is 401 g/mol. The number of amides is 1. The molecule has 0 atom stereocenters. The number of carbonyl (C=O) groups excluding carboxylic acids is 1. The fourth-order valence-corrected chi connectivity index (χ4v) is 4.81. The molecule has 5 nitrogen and oxygen atoms in total. The van der Waals surface area contributed by atoms with Crippen molar-refractivity contribution in [3.8, 4) is 0 Å². The topological polar surface area (TPSA) is 66.5 Å². The van der Waals surface area contributed by atoms with Crippen molar-refractivity contribution in [2.75, 3.05) is 18.4 Å². The molecule has 1 fully saturated rings. The molecule has 6 heteroatoms. The van der Waals surface area contributed by atoms with Crippen LogP contribution in [-0.2, 0) is 15.4 Å². The van der Waals surface area contributed by atoms with Gasteiger partial charge in [0.05, 0.1) is 4.90 Å². The van der Waals surface area contributed by atoms with Crippen molar-refractivity contribution in [2.45, 2.75) is 50.3 Å². The Bertz CT molecular complexity index is 921. The van der Waals surface area contributed by atoms with Crippen molar-refractivity contribution < 1.29 is 13.2 Å². The van der Waals surface area contributed by atoms with E-state index in [0.717, 1.165) is 24.8 Å². The van der Waals surface area contributed by atoms with Gasteiger partial charge >= 0.3 is 0 Å². The summed E-state index contributed by atoms with van der Waals surface area (Å²) < 4.78 is 26.9. The predicted octanol–water partition coefficient (Wildman–Crippen LogP) is 4.41. The van der Waals surface area contributed by atoms with E-state index >= 15 is 0 Å². The molecule has 0 saturated carbocycles. The second-order valence-corrected chi connectivity index (χ2v) is 10.2. The van der Waals surface area contributed by atoms with Gasteiger partial charge in [-0.05, 0) is 60.2 Å². The minimum atomic E-state index is -3.46. The number of nitrogens with one attached hydrogen (secondary N) is 1. The molecule has 0 radical (unpaired) electrons. The summed E-state index contributed by atoms with van der Waals surface area (Å²) in [5.74, 6) is -0.216. The van der Waals surface area contributed by atoms with E-state index in [1.54, 1.807) is 28.6 Å². The third kappa shape index (κ3) is 4.62. The van der Waals surface area contributed by atoms with Gasteiger partial charge in [-0.1, -0.05) is 39.3 Å². The molecule has 1 aliphatic heterocycles. The van der Waals surface area contributed by atoms with Crippen LogP contribution < -0.4 is 5.32 Å². The maximum Gasteiger partial charge on any atom is 0.255 e. The van der Waals surface area contributed by atoms with Crippen molar-refractivity contribution in [2.24, 2.45) is 0 Å². The summed E-state index contributed by atoms with van der Waals surface area (Å²) in [7, 11) is -3.46. The smallest absolute Gasteiger partial charge is 0.255 e. The number of nitrogens with zero attached hydrogens (tertiary/aromatic N) is 1. The highest BCUT2D eigenvalue weighted by Crippen LogP contribution is 2.24. The molecular weight excluding hydrogens is 372 g/mol. The number of sulfonamides is 1. The van der Waals surface area contributed by atoms with E-state index in [2.05, 4.69) is 26.1 Å². The molecule has 3 rings (SSSR count). The highest BCUT2D eigenvalue weighted by Gasteiger charge is 2.25. The van der Waals surface area contributed by atoms with Crippen LogP contribution in [0.4, 0.5) is 5.69 Å². The summed E-state index contributed by atoms with van der Waals surface area (Å²) in [6, 6.07) is 13.9. The highest BCUT2D eigenvalue weighted by molar-refractivity contribution is 7.89. The molecule has 0 spiro atoms. The van der Waals surface area contributed by atoms with Gasteiger partial charge in [0, 0.05) is 24.3 Å². The van der Waals surface area contributed by atoms with Crippen LogP contribution >= 0.6 is 0 Å². The number of carbonyl (C=O) groups is 1. The molecule has 0 unspecified atom stereocenters. The number of benzene rings is 2. The van der Waals surface area contributed by atoms with E-state index in [1.807, 2.05) is 24.3 Å². The third-order valence-electron chi connectivity index (χ3n) is 5.08. The summed E-state index contributed by atoms with van der Waals surface area (Å²) in [5.41, 5.74) is 2.34. The number of piperidine rings is 1. The molecule has 2 aromatic rings. The van der Waals surface area contributed by atoms with Crippen molar-refractivity contribution in [3.63, 3.8) is 0 Å². The fourth-order valence-electron chi connectivity index (χ4n) is 3.29. The summed E-state index contributed by atoms with van der Waals surface area (Å²) >= 11 is 0. The largest absolute Gasteiger partial charge is 0.322 e. The number of rotatable bonds is 4. The van der Waals surface area contributed by atoms with Crippen LogP contribution in [0.2, 0.25) is 0 Å². The Morgan fingerprint density at radius 2 is 1.46 bits per heavy atom. The quantitative estimate of drug-likeness (QED) is 0.827. The second kappa shape index (κ2) is 8.05. The van der Waals surface area contributed by atoms with Crippen molar-refractivity contribution >= 4 is 21.6 Å². The summed E-state index contributed by atoms with van der Waals surface area (Å²) in [6.07, 6.45) is 2.89. The van der Waals surface area contributed by atoms with Gasteiger partial charge in [0.2, 0.25) is 10.0 Å². The SMILES string of the molecule is CC(C)(C)c1ccc(C(=O)Nc2ccc(S(=O)(=O)N3CCCCC3)cc2)cc1. The van der Waals surface area contributed by atoms with Gasteiger partial charge in [-0.2, -0.15) is 4.31 Å². The molecule has 1 heterocycles. The van der Waals surface area contributed by atoms with Gasteiger partial charge in [-0.25, -0.2) is 8.42 Å². The lowest BCUT2D eigenvalue weighted by Gasteiger charge is -2.25. The maximum absolute atomic E-state index is 12.7. The van der Waals surface area contributed by atoms with Crippen LogP contribution in [0.15, 0.2) is 53.4 Å². The number of hydrogen-bond acceptors (Lipinski definition) is 3. The maximum atomic E-state index is 12.7. The lowest BCUT2D eigenvalue weighted by Crippen LogP contribution is -2.35. The highest BCUT2D eigenvalue weighted by atomic mass is 32.2. The van der Waals surface area contributed by atoms with Gasteiger partial charge < -0.3 is 5.32 Å². The molecule has 1 aliphatic rings. The first-order valence-electron chi connectivity index (χ1n) is 9.70. The molecule has 0 aromatic heterocycles. The van der Waals surface area contributed by atoms with E-state index in [4.69, 9.17) is 0 Å². The Hall–Kier alpha value is -2.18. The molecular formula is C22H28N2O3S. The summed E-state index contributed by atoms with van der Waals surface area (Å²) in [6.45, 7) is 7.53. The van der Waals surface area contributed by atoms with Crippen molar-refractivity contribution in [3.05, 3.63) is 59.7 Å². The van der Waals surface area contributed by atoms with Crippen molar-refractivity contribution in [1.29, 1.82) is 0 Å². The zero-order valence-corrected chi connectivity index (χ0v) is 17.6. The Labute approximate surface area is 167 Å².